The van der Waals surface area contributed by atoms with Gasteiger partial charge in [0.25, 0.3) is 11.8 Å². The molecule has 0 unspecified atom stereocenters. The number of aromatic nitrogens is 1. The molecule has 2 heterocycles. The zero-order chi connectivity index (χ0) is 19.0. The zero-order valence-electron chi connectivity index (χ0n) is 15.0. The molecule has 27 heavy (non-hydrogen) atoms. The molecule has 0 saturated heterocycles. The van der Waals surface area contributed by atoms with Crippen molar-refractivity contribution in [1.82, 2.24) is 20.5 Å². The molecule has 1 saturated carbocycles. The molecule has 1 aliphatic heterocycles. The number of amides is 3. The molecule has 7 nitrogen and oxygen atoms in total. The van der Waals surface area contributed by atoms with E-state index in [1.165, 1.54) is 6.08 Å². The van der Waals surface area contributed by atoms with Crippen molar-refractivity contribution in [2.75, 3.05) is 6.54 Å². The Hall–Kier alpha value is -3.09. The van der Waals surface area contributed by atoms with Gasteiger partial charge in [0.05, 0.1) is 0 Å². The molecule has 1 aromatic carbocycles. The number of nitrogens with one attached hydrogen (secondary N) is 3. The number of hydrogen-bond donors (Lipinski definition) is 3. The molecule has 2 aliphatic rings. The van der Waals surface area contributed by atoms with Crippen LogP contribution in [0, 0.1) is 0 Å². The van der Waals surface area contributed by atoms with E-state index in [1.807, 2.05) is 22.8 Å². The standard InChI is InChI=1S/C20H22N4O3/c1-2-18(25)22-14-4-3-5-15(14)23-19(26)13-7-6-12-10-17-20(27)21-8-9-24(17)16(12)11-13/h2,6-7,10-11,14-15H,1,3-5,8-9H2,(H,21,27)(H,22,25)(H,23,26)/t14-,15+/m0/s1. The molecule has 1 aromatic heterocycles. The van der Waals surface area contributed by atoms with Gasteiger partial charge in [-0.15, -0.1) is 0 Å². The lowest BCUT2D eigenvalue weighted by Gasteiger charge is -2.22. The Bertz CT molecular complexity index is 946. The van der Waals surface area contributed by atoms with Crippen molar-refractivity contribution in [2.24, 2.45) is 0 Å². The number of carbonyl (C=O) groups excluding carboxylic acids is 3. The van der Waals surface area contributed by atoms with Gasteiger partial charge in [0, 0.05) is 41.6 Å². The first-order valence-electron chi connectivity index (χ1n) is 9.22. The molecule has 140 valence electrons. The van der Waals surface area contributed by atoms with Gasteiger partial charge in [-0.05, 0) is 43.5 Å². The summed E-state index contributed by atoms with van der Waals surface area (Å²) in [5.41, 5.74) is 2.06. The molecule has 3 N–H and O–H groups in total. The van der Waals surface area contributed by atoms with Crippen LogP contribution in [0.15, 0.2) is 36.9 Å². The highest BCUT2D eigenvalue weighted by molar-refractivity contribution is 6.02. The zero-order valence-corrected chi connectivity index (χ0v) is 15.0. The number of carbonyl (C=O) groups is 3. The Morgan fingerprint density at radius 1 is 1.19 bits per heavy atom. The molecule has 3 amide bonds. The van der Waals surface area contributed by atoms with E-state index < -0.39 is 0 Å². The largest absolute Gasteiger partial charge is 0.349 e. The van der Waals surface area contributed by atoms with Crippen LogP contribution in [0.25, 0.3) is 10.9 Å². The third kappa shape index (κ3) is 3.20. The maximum Gasteiger partial charge on any atom is 0.268 e. The average Bonchev–Trinajstić information content (AvgIpc) is 3.26. The molecule has 0 bridgehead atoms. The van der Waals surface area contributed by atoms with E-state index in [4.69, 9.17) is 0 Å². The predicted octanol–water partition coefficient (Wildman–Crippen LogP) is 1.34. The highest BCUT2D eigenvalue weighted by Crippen LogP contribution is 2.24. The predicted molar refractivity (Wildman–Crippen MR) is 102 cm³/mol. The number of fused-ring (bicyclic) bond motifs is 3. The van der Waals surface area contributed by atoms with Crippen LogP contribution in [-0.4, -0.2) is 40.9 Å². The van der Waals surface area contributed by atoms with Crippen LogP contribution in [0.2, 0.25) is 0 Å². The molecule has 2 aromatic rings. The van der Waals surface area contributed by atoms with Gasteiger partial charge in [0.1, 0.15) is 5.69 Å². The number of hydrogen-bond acceptors (Lipinski definition) is 3. The third-order valence-electron chi connectivity index (χ3n) is 5.37. The Morgan fingerprint density at radius 2 is 1.96 bits per heavy atom. The van der Waals surface area contributed by atoms with Gasteiger partial charge in [-0.2, -0.15) is 0 Å². The van der Waals surface area contributed by atoms with Gasteiger partial charge in [0.2, 0.25) is 5.91 Å². The number of nitrogens with zero attached hydrogens (tertiary/aromatic N) is 1. The topological polar surface area (TPSA) is 92.2 Å². The molecular weight excluding hydrogens is 344 g/mol. The van der Waals surface area contributed by atoms with Crippen molar-refractivity contribution < 1.29 is 14.4 Å². The molecular formula is C20H22N4O3. The SMILES string of the molecule is C=CC(=O)N[C@H]1CCC[C@H]1NC(=O)c1ccc2cc3n(c2c1)CCNC3=O. The molecule has 0 spiro atoms. The van der Waals surface area contributed by atoms with E-state index in [1.54, 1.807) is 6.07 Å². The van der Waals surface area contributed by atoms with E-state index in [0.717, 1.165) is 30.2 Å². The quantitative estimate of drug-likeness (QED) is 0.713. The van der Waals surface area contributed by atoms with Gasteiger partial charge in [-0.1, -0.05) is 12.6 Å². The van der Waals surface area contributed by atoms with Crippen molar-refractivity contribution in [1.29, 1.82) is 0 Å². The smallest absolute Gasteiger partial charge is 0.268 e. The lowest BCUT2D eigenvalue weighted by Crippen LogP contribution is -2.48. The second-order valence-corrected chi connectivity index (χ2v) is 7.04. The van der Waals surface area contributed by atoms with Crippen molar-refractivity contribution in [3.63, 3.8) is 0 Å². The minimum atomic E-state index is -0.222. The second-order valence-electron chi connectivity index (χ2n) is 7.04. The van der Waals surface area contributed by atoms with Crippen molar-refractivity contribution >= 4 is 28.6 Å². The molecule has 2 atom stereocenters. The van der Waals surface area contributed by atoms with Crippen molar-refractivity contribution in [3.05, 3.63) is 48.2 Å². The van der Waals surface area contributed by atoms with Crippen LogP contribution in [0.5, 0.6) is 0 Å². The lowest BCUT2D eigenvalue weighted by atomic mass is 10.1. The normalized spacial score (nSPS) is 21.4. The first-order valence-corrected chi connectivity index (χ1v) is 9.22. The van der Waals surface area contributed by atoms with E-state index >= 15 is 0 Å². The highest BCUT2D eigenvalue weighted by Gasteiger charge is 2.30. The monoisotopic (exact) mass is 366 g/mol. The van der Waals surface area contributed by atoms with E-state index in [0.29, 0.717) is 24.3 Å². The minimum Gasteiger partial charge on any atom is -0.349 e. The Kier molecular flexibility index (Phi) is 4.43. The number of rotatable bonds is 4. The van der Waals surface area contributed by atoms with E-state index in [-0.39, 0.29) is 29.8 Å². The maximum absolute atomic E-state index is 12.8. The second kappa shape index (κ2) is 6.90. The van der Waals surface area contributed by atoms with Crippen LogP contribution in [0.1, 0.15) is 40.1 Å². The summed E-state index contributed by atoms with van der Waals surface area (Å²) in [7, 11) is 0. The van der Waals surface area contributed by atoms with Crippen LogP contribution in [0.3, 0.4) is 0 Å². The summed E-state index contributed by atoms with van der Waals surface area (Å²) in [4.78, 5) is 36.3. The van der Waals surface area contributed by atoms with Gasteiger partial charge < -0.3 is 20.5 Å². The summed E-state index contributed by atoms with van der Waals surface area (Å²) in [5, 5.41) is 9.70. The molecule has 1 aliphatic carbocycles. The van der Waals surface area contributed by atoms with Gasteiger partial charge in [-0.3, -0.25) is 14.4 Å². The fraction of sp³-hybridized carbons (Fsp3) is 0.350. The summed E-state index contributed by atoms with van der Waals surface area (Å²) >= 11 is 0. The first kappa shape index (κ1) is 17.3. The molecule has 4 rings (SSSR count). The minimum absolute atomic E-state index is 0.0760. The highest BCUT2D eigenvalue weighted by atomic mass is 16.2. The van der Waals surface area contributed by atoms with Gasteiger partial charge in [-0.25, -0.2) is 0 Å². The van der Waals surface area contributed by atoms with Crippen molar-refractivity contribution in [3.8, 4) is 0 Å². The Morgan fingerprint density at radius 3 is 2.74 bits per heavy atom. The molecule has 1 fully saturated rings. The van der Waals surface area contributed by atoms with Gasteiger partial charge in [0.15, 0.2) is 0 Å². The fourth-order valence-electron chi connectivity index (χ4n) is 4.00. The third-order valence-corrected chi connectivity index (χ3v) is 5.37. The Labute approximate surface area is 156 Å². The summed E-state index contributed by atoms with van der Waals surface area (Å²) in [6.07, 6.45) is 3.87. The van der Waals surface area contributed by atoms with Crippen LogP contribution >= 0.6 is 0 Å². The lowest BCUT2D eigenvalue weighted by molar-refractivity contribution is -0.117. The van der Waals surface area contributed by atoms with Crippen LogP contribution in [-0.2, 0) is 11.3 Å². The molecule has 7 heteroatoms. The summed E-state index contributed by atoms with van der Waals surface area (Å²) in [5.74, 6) is -0.478. The first-order chi connectivity index (χ1) is 13.1. The average molecular weight is 366 g/mol. The fourth-order valence-corrected chi connectivity index (χ4v) is 4.00. The summed E-state index contributed by atoms with van der Waals surface area (Å²) in [6.45, 7) is 4.74. The molecule has 0 radical (unpaired) electrons. The Balaban J connectivity index is 1.55. The summed E-state index contributed by atoms with van der Waals surface area (Å²) in [6, 6.07) is 7.15. The van der Waals surface area contributed by atoms with Crippen molar-refractivity contribution in [2.45, 2.75) is 37.9 Å². The number of benzene rings is 1. The summed E-state index contributed by atoms with van der Waals surface area (Å²) < 4.78 is 1.95. The van der Waals surface area contributed by atoms with Gasteiger partial charge >= 0.3 is 0 Å². The van der Waals surface area contributed by atoms with Crippen LogP contribution < -0.4 is 16.0 Å². The van der Waals surface area contributed by atoms with Crippen LogP contribution in [0.4, 0.5) is 0 Å². The van der Waals surface area contributed by atoms with E-state index in [9.17, 15) is 14.4 Å². The maximum atomic E-state index is 12.8. The van der Waals surface area contributed by atoms with E-state index in [2.05, 4.69) is 22.5 Å².